The number of amides is 2. The normalized spacial score (nSPS) is 10.7. The zero-order chi connectivity index (χ0) is 24.6. The highest BCUT2D eigenvalue weighted by atomic mass is 35.5. The molecule has 35 heavy (non-hydrogen) atoms. The molecular formula is C26H27ClN6O2. The summed E-state index contributed by atoms with van der Waals surface area (Å²) in [7, 11) is 1.97. The molecule has 0 fully saturated rings. The van der Waals surface area contributed by atoms with Gasteiger partial charge in [0.2, 0.25) is 5.95 Å². The SMILES string of the molecule is CCOCCN(C)c1nc(-c2cccc(NC(=O)Nc3ccc(Cl)cc3)c2)c(-c2ccncc2)[nH]1. The predicted octanol–water partition coefficient (Wildman–Crippen LogP) is 5.91. The van der Waals surface area contributed by atoms with E-state index < -0.39 is 0 Å². The van der Waals surface area contributed by atoms with Crippen molar-refractivity contribution in [1.82, 2.24) is 15.0 Å². The van der Waals surface area contributed by atoms with Gasteiger partial charge in [0.1, 0.15) is 0 Å². The molecule has 0 saturated carbocycles. The Morgan fingerprint density at radius 1 is 1.03 bits per heavy atom. The number of anilines is 3. The van der Waals surface area contributed by atoms with Gasteiger partial charge in [0.15, 0.2) is 0 Å². The lowest BCUT2D eigenvalue weighted by Gasteiger charge is -2.15. The lowest BCUT2D eigenvalue weighted by molar-refractivity contribution is 0.154. The Hall–Kier alpha value is -3.88. The van der Waals surface area contributed by atoms with Crippen LogP contribution < -0.4 is 15.5 Å². The Labute approximate surface area is 209 Å². The maximum absolute atomic E-state index is 12.5. The minimum atomic E-state index is -0.350. The van der Waals surface area contributed by atoms with Gasteiger partial charge in [-0.15, -0.1) is 0 Å². The molecule has 8 nitrogen and oxygen atoms in total. The molecule has 0 aliphatic heterocycles. The van der Waals surface area contributed by atoms with Crippen molar-refractivity contribution in [2.24, 2.45) is 0 Å². The third-order valence-corrected chi connectivity index (χ3v) is 5.54. The molecule has 0 radical (unpaired) electrons. The van der Waals surface area contributed by atoms with E-state index in [-0.39, 0.29) is 6.03 Å². The van der Waals surface area contributed by atoms with Crippen LogP contribution in [0.15, 0.2) is 73.1 Å². The number of imidazole rings is 1. The van der Waals surface area contributed by atoms with Crippen molar-refractivity contribution < 1.29 is 9.53 Å². The zero-order valence-corrected chi connectivity index (χ0v) is 20.3. The predicted molar refractivity (Wildman–Crippen MR) is 141 cm³/mol. The molecule has 0 saturated heterocycles. The molecule has 0 bridgehead atoms. The number of aromatic nitrogens is 3. The number of aromatic amines is 1. The van der Waals surface area contributed by atoms with Crippen LogP contribution >= 0.6 is 11.6 Å². The average molecular weight is 491 g/mol. The lowest BCUT2D eigenvalue weighted by Crippen LogP contribution is -2.23. The van der Waals surface area contributed by atoms with Crippen LogP contribution in [0.1, 0.15) is 6.92 Å². The van der Waals surface area contributed by atoms with E-state index >= 15 is 0 Å². The van der Waals surface area contributed by atoms with Crippen molar-refractivity contribution in [2.75, 3.05) is 42.3 Å². The maximum Gasteiger partial charge on any atom is 0.323 e. The van der Waals surface area contributed by atoms with Gasteiger partial charge in [0.25, 0.3) is 0 Å². The van der Waals surface area contributed by atoms with Crippen molar-refractivity contribution in [3.63, 3.8) is 0 Å². The van der Waals surface area contributed by atoms with E-state index in [9.17, 15) is 4.79 Å². The maximum atomic E-state index is 12.5. The molecule has 0 atom stereocenters. The summed E-state index contributed by atoms with van der Waals surface area (Å²) in [6.07, 6.45) is 3.50. The van der Waals surface area contributed by atoms with E-state index in [1.165, 1.54) is 0 Å². The van der Waals surface area contributed by atoms with Crippen LogP contribution in [-0.2, 0) is 4.74 Å². The Morgan fingerprint density at radius 3 is 2.51 bits per heavy atom. The molecule has 2 heterocycles. The summed E-state index contributed by atoms with van der Waals surface area (Å²) in [6, 6.07) is 18.0. The molecule has 9 heteroatoms. The number of nitrogens with zero attached hydrogens (tertiary/aromatic N) is 3. The highest BCUT2D eigenvalue weighted by Gasteiger charge is 2.17. The molecule has 2 aromatic carbocycles. The van der Waals surface area contributed by atoms with Crippen LogP contribution in [0.25, 0.3) is 22.5 Å². The quantitative estimate of drug-likeness (QED) is 0.253. The summed E-state index contributed by atoms with van der Waals surface area (Å²) in [5, 5.41) is 6.29. The van der Waals surface area contributed by atoms with Gasteiger partial charge in [-0.1, -0.05) is 23.7 Å². The fourth-order valence-corrected chi connectivity index (χ4v) is 3.63. The lowest BCUT2D eigenvalue weighted by atomic mass is 10.1. The summed E-state index contributed by atoms with van der Waals surface area (Å²) in [5.74, 6) is 0.727. The van der Waals surface area contributed by atoms with E-state index in [0.29, 0.717) is 36.2 Å². The van der Waals surface area contributed by atoms with Crippen LogP contribution in [0.4, 0.5) is 22.1 Å². The van der Waals surface area contributed by atoms with Crippen molar-refractivity contribution in [3.05, 3.63) is 78.1 Å². The third-order valence-electron chi connectivity index (χ3n) is 5.29. The number of urea groups is 1. The highest BCUT2D eigenvalue weighted by Crippen LogP contribution is 2.33. The van der Waals surface area contributed by atoms with Gasteiger partial charge in [-0.3, -0.25) is 4.98 Å². The number of hydrogen-bond donors (Lipinski definition) is 3. The van der Waals surface area contributed by atoms with Gasteiger partial charge < -0.3 is 25.3 Å². The smallest absolute Gasteiger partial charge is 0.323 e. The standard InChI is InChI=1S/C26H27ClN6O2/c1-3-35-16-15-33(2)25-31-23(18-11-13-28-14-12-18)24(32-25)19-5-4-6-22(17-19)30-26(34)29-21-9-7-20(27)8-10-21/h4-14,17H,3,15-16H2,1-2H3,(H,31,32)(H2,29,30,34). The number of benzene rings is 2. The van der Waals surface area contributed by atoms with Crippen LogP contribution in [-0.4, -0.2) is 47.8 Å². The van der Waals surface area contributed by atoms with E-state index in [0.717, 1.165) is 28.5 Å². The zero-order valence-electron chi connectivity index (χ0n) is 19.6. The second kappa shape index (κ2) is 11.5. The monoisotopic (exact) mass is 490 g/mol. The minimum Gasteiger partial charge on any atom is -0.380 e. The first-order valence-electron chi connectivity index (χ1n) is 11.3. The Balaban J connectivity index is 1.59. The molecule has 0 aliphatic carbocycles. The number of halogens is 1. The van der Waals surface area contributed by atoms with Crippen LogP contribution in [0.2, 0.25) is 5.02 Å². The first-order valence-corrected chi connectivity index (χ1v) is 11.6. The highest BCUT2D eigenvalue weighted by molar-refractivity contribution is 6.30. The van der Waals surface area contributed by atoms with E-state index in [2.05, 4.69) is 20.6 Å². The number of carbonyl (C=O) groups excluding carboxylic acids is 1. The molecule has 0 spiro atoms. The summed E-state index contributed by atoms with van der Waals surface area (Å²) in [4.78, 5) is 27.0. The van der Waals surface area contributed by atoms with Gasteiger partial charge in [0.05, 0.1) is 18.0 Å². The summed E-state index contributed by atoms with van der Waals surface area (Å²) < 4.78 is 5.49. The first-order chi connectivity index (χ1) is 17.0. The molecule has 2 amide bonds. The Bertz CT molecular complexity index is 1260. The van der Waals surface area contributed by atoms with Gasteiger partial charge in [0, 0.05) is 60.1 Å². The fraction of sp³-hybridized carbons (Fsp3) is 0.192. The number of ether oxygens (including phenoxy) is 1. The summed E-state index contributed by atoms with van der Waals surface area (Å²) in [6.45, 7) is 3.95. The number of H-pyrrole nitrogens is 1. The average Bonchev–Trinajstić information content (AvgIpc) is 3.32. The molecule has 0 unspecified atom stereocenters. The third kappa shape index (κ3) is 6.38. The molecule has 4 aromatic rings. The van der Waals surface area contributed by atoms with Crippen molar-refractivity contribution in [2.45, 2.75) is 6.92 Å². The second-order valence-electron chi connectivity index (χ2n) is 7.81. The number of pyridine rings is 1. The molecule has 3 N–H and O–H groups in total. The fourth-order valence-electron chi connectivity index (χ4n) is 3.50. The van der Waals surface area contributed by atoms with Gasteiger partial charge >= 0.3 is 6.03 Å². The van der Waals surface area contributed by atoms with E-state index in [1.54, 1.807) is 36.7 Å². The Morgan fingerprint density at radius 2 is 1.77 bits per heavy atom. The van der Waals surface area contributed by atoms with Crippen molar-refractivity contribution in [3.8, 4) is 22.5 Å². The summed E-state index contributed by atoms with van der Waals surface area (Å²) in [5.41, 5.74) is 4.76. The van der Waals surface area contributed by atoms with Gasteiger partial charge in [-0.2, -0.15) is 0 Å². The number of rotatable bonds is 9. The Kier molecular flexibility index (Phi) is 7.97. The number of carbonyl (C=O) groups is 1. The molecule has 2 aromatic heterocycles. The summed E-state index contributed by atoms with van der Waals surface area (Å²) >= 11 is 5.91. The van der Waals surface area contributed by atoms with Crippen molar-refractivity contribution in [1.29, 1.82) is 0 Å². The molecule has 4 rings (SSSR count). The molecule has 0 aliphatic rings. The van der Waals surface area contributed by atoms with Crippen LogP contribution in [0.3, 0.4) is 0 Å². The largest absolute Gasteiger partial charge is 0.380 e. The molecule has 180 valence electrons. The second-order valence-corrected chi connectivity index (χ2v) is 8.24. The van der Waals surface area contributed by atoms with Crippen molar-refractivity contribution >= 4 is 35.0 Å². The number of likely N-dealkylation sites (N-methyl/N-ethyl adjacent to an activating group) is 1. The van der Waals surface area contributed by atoms with Crippen LogP contribution in [0, 0.1) is 0 Å². The molecular weight excluding hydrogens is 464 g/mol. The first kappa shape index (κ1) is 24.3. The number of hydrogen-bond acceptors (Lipinski definition) is 5. The number of nitrogens with one attached hydrogen (secondary N) is 3. The topological polar surface area (TPSA) is 95.2 Å². The van der Waals surface area contributed by atoms with Gasteiger partial charge in [-0.25, -0.2) is 9.78 Å². The van der Waals surface area contributed by atoms with E-state index in [4.69, 9.17) is 21.3 Å². The van der Waals surface area contributed by atoms with Gasteiger partial charge in [-0.05, 0) is 55.5 Å². The minimum absolute atomic E-state index is 0.350. The van der Waals surface area contributed by atoms with Crippen LogP contribution in [0.5, 0.6) is 0 Å². The van der Waals surface area contributed by atoms with E-state index in [1.807, 2.05) is 55.3 Å².